The largest absolute Gasteiger partial charge is 0.496 e. The normalized spacial score (nSPS) is 13.9. The van der Waals surface area contributed by atoms with Crippen LogP contribution in [0.3, 0.4) is 0 Å². The van der Waals surface area contributed by atoms with E-state index in [0.29, 0.717) is 31.2 Å². The van der Waals surface area contributed by atoms with Crippen molar-refractivity contribution in [3.05, 3.63) is 41.0 Å². The summed E-state index contributed by atoms with van der Waals surface area (Å²) in [6.45, 7) is 6.53. The van der Waals surface area contributed by atoms with Gasteiger partial charge in [0.25, 0.3) is 0 Å². The SMILES string of the molecule is COc1cccc(CCC(=O)CCc2nnc(CCC(C)C)n2C2CC2)c1C. The number of aryl methyl sites for hydroxylation is 3. The zero-order valence-electron chi connectivity index (χ0n) is 17.7. The zero-order valence-corrected chi connectivity index (χ0v) is 17.7. The Balaban J connectivity index is 1.55. The summed E-state index contributed by atoms with van der Waals surface area (Å²) in [7, 11) is 1.68. The molecule has 1 saturated carbocycles. The summed E-state index contributed by atoms with van der Waals surface area (Å²) in [6.07, 6.45) is 7.08. The molecule has 1 aromatic carbocycles. The van der Waals surface area contributed by atoms with Gasteiger partial charge in [0, 0.05) is 31.7 Å². The molecule has 3 rings (SSSR count). The lowest BCUT2D eigenvalue weighted by Crippen LogP contribution is -2.10. The molecule has 1 heterocycles. The Bertz CT molecular complexity index is 806. The Kier molecular flexibility index (Phi) is 6.87. The van der Waals surface area contributed by atoms with Crippen LogP contribution in [-0.4, -0.2) is 27.7 Å². The van der Waals surface area contributed by atoms with Crippen molar-refractivity contribution in [2.24, 2.45) is 5.92 Å². The van der Waals surface area contributed by atoms with Gasteiger partial charge in [0.2, 0.25) is 0 Å². The smallest absolute Gasteiger partial charge is 0.133 e. The number of nitrogens with zero attached hydrogens (tertiary/aromatic N) is 3. The average Bonchev–Trinajstić information content (AvgIpc) is 3.43. The van der Waals surface area contributed by atoms with Crippen LogP contribution in [0.25, 0.3) is 0 Å². The second-order valence-corrected chi connectivity index (χ2v) is 8.35. The highest BCUT2D eigenvalue weighted by molar-refractivity contribution is 5.78. The minimum Gasteiger partial charge on any atom is -0.496 e. The number of ether oxygens (including phenoxy) is 1. The molecule has 0 N–H and O–H groups in total. The summed E-state index contributed by atoms with van der Waals surface area (Å²) in [5.74, 6) is 3.93. The van der Waals surface area contributed by atoms with Crippen LogP contribution in [0.4, 0.5) is 0 Å². The Morgan fingerprint density at radius 1 is 1.14 bits per heavy atom. The van der Waals surface area contributed by atoms with Gasteiger partial charge in [0.1, 0.15) is 23.2 Å². The third-order valence-electron chi connectivity index (χ3n) is 5.61. The van der Waals surface area contributed by atoms with Crippen molar-refractivity contribution in [2.45, 2.75) is 78.2 Å². The van der Waals surface area contributed by atoms with Gasteiger partial charge in [0.05, 0.1) is 7.11 Å². The van der Waals surface area contributed by atoms with Crippen molar-refractivity contribution in [3.8, 4) is 5.75 Å². The van der Waals surface area contributed by atoms with Crippen molar-refractivity contribution in [1.29, 1.82) is 0 Å². The van der Waals surface area contributed by atoms with E-state index in [1.807, 2.05) is 12.1 Å². The van der Waals surface area contributed by atoms with Crippen molar-refractivity contribution in [1.82, 2.24) is 14.8 Å². The second-order valence-electron chi connectivity index (χ2n) is 8.35. The fourth-order valence-corrected chi connectivity index (χ4v) is 3.68. The van der Waals surface area contributed by atoms with E-state index in [4.69, 9.17) is 4.74 Å². The van der Waals surface area contributed by atoms with Crippen LogP contribution in [0.15, 0.2) is 18.2 Å². The molecule has 1 fully saturated rings. The molecule has 0 saturated heterocycles. The van der Waals surface area contributed by atoms with Crippen LogP contribution >= 0.6 is 0 Å². The topological polar surface area (TPSA) is 57.0 Å². The first-order valence-electron chi connectivity index (χ1n) is 10.6. The molecule has 0 unspecified atom stereocenters. The van der Waals surface area contributed by atoms with Gasteiger partial charge in [-0.15, -0.1) is 10.2 Å². The van der Waals surface area contributed by atoms with E-state index < -0.39 is 0 Å². The van der Waals surface area contributed by atoms with E-state index in [1.54, 1.807) is 7.11 Å². The summed E-state index contributed by atoms with van der Waals surface area (Å²) in [5, 5.41) is 8.87. The van der Waals surface area contributed by atoms with E-state index in [-0.39, 0.29) is 5.78 Å². The quantitative estimate of drug-likeness (QED) is 0.566. The fraction of sp³-hybridized carbons (Fsp3) is 0.609. The van der Waals surface area contributed by atoms with Crippen molar-refractivity contribution in [2.75, 3.05) is 7.11 Å². The van der Waals surface area contributed by atoms with Gasteiger partial charge in [-0.25, -0.2) is 0 Å². The molecule has 152 valence electrons. The number of methoxy groups -OCH3 is 1. The van der Waals surface area contributed by atoms with E-state index in [2.05, 4.69) is 41.6 Å². The number of hydrogen-bond acceptors (Lipinski definition) is 4. The highest BCUT2D eigenvalue weighted by Crippen LogP contribution is 2.37. The molecule has 0 aliphatic heterocycles. The third-order valence-corrected chi connectivity index (χ3v) is 5.61. The van der Waals surface area contributed by atoms with Crippen LogP contribution in [0.2, 0.25) is 0 Å². The van der Waals surface area contributed by atoms with Crippen LogP contribution in [0.1, 0.15) is 74.8 Å². The maximum absolute atomic E-state index is 12.5. The molecule has 5 heteroatoms. The molecule has 1 aromatic heterocycles. The lowest BCUT2D eigenvalue weighted by atomic mass is 10.0. The average molecular weight is 384 g/mol. The molecule has 0 radical (unpaired) electrons. The molecule has 0 atom stereocenters. The standard InChI is InChI=1S/C23H33N3O2/c1-16(2)8-14-22-24-25-23(26(22)19-10-11-19)15-13-20(27)12-9-18-6-5-7-21(28-4)17(18)3/h5-7,16,19H,8-15H2,1-4H3. The number of carbonyl (C=O) groups excluding carboxylic acids is 1. The summed E-state index contributed by atoms with van der Waals surface area (Å²) in [6, 6.07) is 6.59. The molecular weight excluding hydrogens is 350 g/mol. The van der Waals surface area contributed by atoms with Gasteiger partial charge in [-0.2, -0.15) is 0 Å². The predicted octanol–water partition coefficient (Wildman–Crippen LogP) is 4.65. The van der Waals surface area contributed by atoms with E-state index in [9.17, 15) is 4.79 Å². The number of benzene rings is 1. The van der Waals surface area contributed by atoms with Crippen molar-refractivity contribution < 1.29 is 9.53 Å². The number of aromatic nitrogens is 3. The highest BCUT2D eigenvalue weighted by atomic mass is 16.5. The molecule has 1 aliphatic carbocycles. The molecule has 0 spiro atoms. The number of rotatable bonds is 11. The van der Waals surface area contributed by atoms with Crippen molar-refractivity contribution >= 4 is 5.78 Å². The minimum atomic E-state index is 0.288. The monoisotopic (exact) mass is 383 g/mol. The first kappa shape index (κ1) is 20.6. The highest BCUT2D eigenvalue weighted by Gasteiger charge is 2.29. The van der Waals surface area contributed by atoms with Crippen LogP contribution in [0, 0.1) is 12.8 Å². The summed E-state index contributed by atoms with van der Waals surface area (Å²) >= 11 is 0. The van der Waals surface area contributed by atoms with Gasteiger partial charge in [-0.3, -0.25) is 4.79 Å². The lowest BCUT2D eigenvalue weighted by Gasteiger charge is -2.11. The van der Waals surface area contributed by atoms with Crippen LogP contribution in [0.5, 0.6) is 5.75 Å². The van der Waals surface area contributed by atoms with Gasteiger partial charge in [0.15, 0.2) is 0 Å². The Hall–Kier alpha value is -2.17. The van der Waals surface area contributed by atoms with Crippen LogP contribution in [-0.2, 0) is 24.1 Å². The zero-order chi connectivity index (χ0) is 20.1. The maximum atomic E-state index is 12.5. The minimum absolute atomic E-state index is 0.288. The summed E-state index contributed by atoms with van der Waals surface area (Å²) < 4.78 is 7.69. The molecule has 5 nitrogen and oxygen atoms in total. The van der Waals surface area contributed by atoms with E-state index in [1.165, 1.54) is 18.4 Å². The van der Waals surface area contributed by atoms with E-state index in [0.717, 1.165) is 42.2 Å². The molecule has 2 aromatic rings. The maximum Gasteiger partial charge on any atom is 0.133 e. The molecule has 0 amide bonds. The fourth-order valence-electron chi connectivity index (χ4n) is 3.68. The third kappa shape index (κ3) is 5.21. The molecule has 1 aliphatic rings. The van der Waals surface area contributed by atoms with Gasteiger partial charge in [-0.05, 0) is 55.7 Å². The number of carbonyl (C=O) groups is 1. The van der Waals surface area contributed by atoms with E-state index >= 15 is 0 Å². The second kappa shape index (κ2) is 9.35. The van der Waals surface area contributed by atoms with Crippen molar-refractivity contribution in [3.63, 3.8) is 0 Å². The number of hydrogen-bond donors (Lipinski definition) is 0. The van der Waals surface area contributed by atoms with Gasteiger partial charge >= 0.3 is 0 Å². The number of ketones is 1. The predicted molar refractivity (Wildman–Crippen MR) is 111 cm³/mol. The summed E-state index contributed by atoms with van der Waals surface area (Å²) in [5.41, 5.74) is 2.31. The molecule has 28 heavy (non-hydrogen) atoms. The summed E-state index contributed by atoms with van der Waals surface area (Å²) in [4.78, 5) is 12.5. The first-order valence-corrected chi connectivity index (χ1v) is 10.6. The lowest BCUT2D eigenvalue weighted by molar-refractivity contribution is -0.119. The molecule has 0 bridgehead atoms. The Labute approximate surface area is 168 Å². The first-order chi connectivity index (χ1) is 13.5. The van der Waals surface area contributed by atoms with Crippen LogP contribution < -0.4 is 4.74 Å². The van der Waals surface area contributed by atoms with Gasteiger partial charge in [-0.1, -0.05) is 26.0 Å². The Morgan fingerprint density at radius 2 is 1.82 bits per heavy atom. The molecular formula is C23H33N3O2. The number of Topliss-reactive ketones (excluding diaryl/α,β-unsaturated/α-hetero) is 1. The van der Waals surface area contributed by atoms with Gasteiger partial charge < -0.3 is 9.30 Å². The Morgan fingerprint density at radius 3 is 2.46 bits per heavy atom.